The van der Waals surface area contributed by atoms with Gasteiger partial charge in [0.15, 0.2) is 37.4 Å². The Kier molecular flexibility index (Phi) is 13.2. The highest BCUT2D eigenvalue weighted by Crippen LogP contribution is 2.34. The summed E-state index contributed by atoms with van der Waals surface area (Å²) in [4.78, 5) is 15.9. The van der Waals surface area contributed by atoms with E-state index in [1.807, 2.05) is 0 Å². The van der Waals surface area contributed by atoms with Crippen LogP contribution < -0.4 is 0 Å². The van der Waals surface area contributed by atoms with Gasteiger partial charge in [-0.1, -0.05) is 18.9 Å². The first-order chi connectivity index (χ1) is 21.7. The Morgan fingerprint density at radius 2 is 1.43 bits per heavy atom. The van der Waals surface area contributed by atoms with Crippen molar-refractivity contribution in [2.24, 2.45) is 5.92 Å². The summed E-state index contributed by atoms with van der Waals surface area (Å²) in [5.74, 6) is -0.574. The van der Waals surface area contributed by atoms with Gasteiger partial charge in [0.25, 0.3) is 0 Å². The normalized spacial score (nSPS) is 47.1. The Morgan fingerprint density at radius 1 is 0.761 bits per heavy atom. The highest BCUT2D eigenvalue weighted by molar-refractivity contribution is 7.80. The molecule has 0 aromatic rings. The fourth-order valence-corrected chi connectivity index (χ4v) is 6.36. The lowest BCUT2D eigenvalue weighted by Crippen LogP contribution is -2.64. The molecule has 46 heavy (non-hydrogen) atoms. The largest absolute Gasteiger partial charge is 0.397 e. The molecule has 0 amide bonds. The van der Waals surface area contributed by atoms with E-state index in [1.54, 1.807) is 13.8 Å². The van der Waals surface area contributed by atoms with E-state index in [9.17, 15) is 43.3 Å². The molecule has 0 aliphatic carbocycles. The molecule has 268 valence electrons. The van der Waals surface area contributed by atoms with Crippen LogP contribution in [0, 0.1) is 5.92 Å². The Morgan fingerprint density at radius 3 is 2.04 bits per heavy atom. The van der Waals surface area contributed by atoms with Crippen molar-refractivity contribution in [3.63, 3.8) is 0 Å². The lowest BCUT2D eigenvalue weighted by atomic mass is 9.93. The number of hydrogen-bond acceptors (Lipinski definition) is 19. The Labute approximate surface area is 263 Å². The summed E-state index contributed by atoms with van der Waals surface area (Å²) >= 11 is 0. The lowest BCUT2D eigenvalue weighted by molar-refractivity contribution is -0.534. The molecule has 0 saturated carbocycles. The number of hydrogen-bond donors (Lipinski definition) is 7. The van der Waals surface area contributed by atoms with Crippen LogP contribution in [0.2, 0.25) is 0 Å². The van der Waals surface area contributed by atoms with Crippen LogP contribution in [0.15, 0.2) is 0 Å². The molecule has 0 aromatic carbocycles. The highest BCUT2D eigenvalue weighted by atomic mass is 32.3. The molecular weight excluding hydrogens is 652 g/mol. The van der Waals surface area contributed by atoms with Crippen LogP contribution in [0.1, 0.15) is 33.6 Å². The smallest absolute Gasteiger partial charge is 0.390 e. The zero-order chi connectivity index (χ0) is 33.9. The van der Waals surface area contributed by atoms with E-state index in [1.165, 1.54) is 6.92 Å². The maximum Gasteiger partial charge on any atom is 0.397 e. The molecule has 0 radical (unpaired) electrons. The molecule has 4 fully saturated rings. The van der Waals surface area contributed by atoms with Crippen LogP contribution >= 0.6 is 0 Å². The number of aliphatic hydroxyl groups excluding tert-OH is 5. The van der Waals surface area contributed by atoms with Crippen LogP contribution in [0.25, 0.3) is 0 Å². The zero-order valence-corrected chi connectivity index (χ0v) is 25.9. The zero-order valence-electron chi connectivity index (χ0n) is 25.1. The minimum absolute atomic E-state index is 0.0900. The van der Waals surface area contributed by atoms with Crippen LogP contribution in [0.4, 0.5) is 0 Å². The quantitative estimate of drug-likeness (QED) is 0.0432. The molecule has 17 unspecified atom stereocenters. The van der Waals surface area contributed by atoms with Crippen molar-refractivity contribution in [1.82, 2.24) is 0 Å². The van der Waals surface area contributed by atoms with Crippen LogP contribution in [-0.4, -0.2) is 161 Å². The fraction of sp³-hybridized carbons (Fsp3) is 0.960. The molecule has 7 N–H and O–H groups in total. The molecule has 17 atom stereocenters. The monoisotopic (exact) mass is 694 g/mol. The number of carbonyl (C=O) groups is 1. The summed E-state index contributed by atoms with van der Waals surface area (Å²) in [6.45, 7) is 4.35. The van der Waals surface area contributed by atoms with E-state index in [4.69, 9.17) is 43.3 Å². The van der Waals surface area contributed by atoms with Gasteiger partial charge in [0.1, 0.15) is 48.8 Å². The minimum atomic E-state index is -5.07. The first-order valence-electron chi connectivity index (χ1n) is 14.7. The second-order valence-electron chi connectivity index (χ2n) is 11.4. The Bertz CT molecular complexity index is 1080. The van der Waals surface area contributed by atoms with Crippen LogP contribution in [0.3, 0.4) is 0 Å². The molecule has 4 aliphatic rings. The van der Waals surface area contributed by atoms with Crippen molar-refractivity contribution in [3.8, 4) is 0 Å². The van der Waals surface area contributed by atoms with Gasteiger partial charge in [0.05, 0.1) is 31.5 Å². The van der Waals surface area contributed by atoms with Crippen molar-refractivity contribution >= 4 is 16.7 Å². The van der Waals surface area contributed by atoms with Gasteiger partial charge in [-0.15, -0.1) is 0 Å². The van der Waals surface area contributed by atoms with E-state index >= 15 is 0 Å². The van der Waals surface area contributed by atoms with Gasteiger partial charge in [0, 0.05) is 5.92 Å². The predicted octanol–water partition coefficient (Wildman–Crippen LogP) is -3.22. The van der Waals surface area contributed by atoms with Crippen molar-refractivity contribution in [3.05, 3.63) is 0 Å². The van der Waals surface area contributed by atoms with Gasteiger partial charge in [0.2, 0.25) is 0 Å². The fourth-order valence-electron chi connectivity index (χ4n) is 5.87. The molecule has 4 heterocycles. The Hall–Kier alpha value is -1.06. The van der Waals surface area contributed by atoms with Crippen molar-refractivity contribution in [2.45, 2.75) is 132 Å². The predicted molar refractivity (Wildman–Crippen MR) is 142 cm³/mol. The molecule has 4 aliphatic heterocycles. The molecule has 21 heteroatoms. The van der Waals surface area contributed by atoms with E-state index < -0.39 is 121 Å². The average Bonchev–Trinajstić information content (AvgIpc) is 3.31. The molecule has 0 spiro atoms. The van der Waals surface area contributed by atoms with Crippen LogP contribution in [0.5, 0.6) is 0 Å². The summed E-state index contributed by atoms with van der Waals surface area (Å²) in [5, 5.41) is 66.5. The maximum absolute atomic E-state index is 11.5. The van der Waals surface area contributed by atoms with E-state index in [2.05, 4.69) is 9.22 Å². The topological polar surface area (TPSA) is 285 Å². The number of carbonyl (C=O) groups excluding carboxylic acids is 1. The standard InChI is InChI=1S/C25H42O20S/c1-4-10-7-36-24(22(14(10)27)44-46(33,34)35)41-19-9(3)38-25(21(18(19)31)43-45-32)40-13-8-37-23(17(30)15(13)28)42-20-11(5-2)39-12(6-26)16(20)29/h6,9-25,27-32H,4-5,7-8H2,1-3H3,(H,33,34,35). The van der Waals surface area contributed by atoms with Gasteiger partial charge in [-0.2, -0.15) is 13.3 Å². The maximum atomic E-state index is 11.5. The third-order valence-electron chi connectivity index (χ3n) is 8.46. The highest BCUT2D eigenvalue weighted by Gasteiger charge is 2.53. The molecule has 0 bridgehead atoms. The van der Waals surface area contributed by atoms with Gasteiger partial charge >= 0.3 is 10.4 Å². The summed E-state index contributed by atoms with van der Waals surface area (Å²) in [6.07, 6.45) is -21.8. The SMILES string of the molecule is CCC1COC(OC2C(C)OC(OC3COC(OC4C(CC)OC(C=O)C4O)C(O)C3O)C(OOO)C2O)C(OS(=O)(=O)O)C1O. The lowest BCUT2D eigenvalue weighted by Gasteiger charge is -2.46. The third kappa shape index (κ3) is 8.38. The first-order valence-corrected chi connectivity index (χ1v) is 16.1. The number of ether oxygens (including phenoxy) is 7. The average molecular weight is 695 g/mol. The minimum Gasteiger partial charge on any atom is -0.390 e. The first kappa shape index (κ1) is 37.8. The second kappa shape index (κ2) is 16.1. The van der Waals surface area contributed by atoms with Gasteiger partial charge in [-0.05, 0) is 19.8 Å². The van der Waals surface area contributed by atoms with Gasteiger partial charge in [-0.3, -0.25) is 4.55 Å². The second-order valence-corrected chi connectivity index (χ2v) is 12.5. The summed E-state index contributed by atoms with van der Waals surface area (Å²) in [7, 11) is -5.07. The van der Waals surface area contributed by atoms with Crippen molar-refractivity contribution in [1.29, 1.82) is 0 Å². The van der Waals surface area contributed by atoms with E-state index in [0.29, 0.717) is 19.1 Å². The van der Waals surface area contributed by atoms with Crippen LogP contribution in [-0.2, 0) is 62.5 Å². The van der Waals surface area contributed by atoms with Crippen molar-refractivity contribution in [2.75, 3.05) is 13.2 Å². The summed E-state index contributed by atoms with van der Waals surface area (Å²) < 4.78 is 76.2. The van der Waals surface area contributed by atoms with Gasteiger partial charge in [-0.25, -0.2) is 9.44 Å². The molecular formula is C25H42O20S. The summed E-state index contributed by atoms with van der Waals surface area (Å²) in [6, 6.07) is 0. The number of aliphatic hydroxyl groups is 5. The number of rotatable bonds is 13. The molecule has 0 aromatic heterocycles. The summed E-state index contributed by atoms with van der Waals surface area (Å²) in [5.41, 5.74) is 0. The van der Waals surface area contributed by atoms with E-state index in [0.717, 1.165) is 0 Å². The molecule has 4 rings (SSSR count). The van der Waals surface area contributed by atoms with Gasteiger partial charge < -0.3 is 63.5 Å². The third-order valence-corrected chi connectivity index (χ3v) is 8.93. The number of aldehydes is 1. The van der Waals surface area contributed by atoms with Crippen molar-refractivity contribution < 1.29 is 95.8 Å². The molecule has 4 saturated heterocycles. The van der Waals surface area contributed by atoms with E-state index in [-0.39, 0.29) is 6.61 Å². The molecule has 20 nitrogen and oxygen atoms in total. The Balaban J connectivity index is 1.41.